The molecular weight excluding hydrogens is 736 g/mol. The van der Waals surface area contributed by atoms with E-state index in [-0.39, 0.29) is 16.6 Å². The second-order valence-corrected chi connectivity index (χ2v) is 14.3. The number of carbonyl (C=O) groups excluding carboxylic acids is 2. The normalized spacial score (nSPS) is 11.7. The first kappa shape index (κ1) is 64.2. The standard InChI is InChI=1S/C6H12.C6H6.C6H14.C5H10O.C5H12.C4H8O2.C3H6O.C2H4Cl2.C2H3N.CHCl3/c2*1-2-4-6-5-3-1;1-3-5-6-4-2;1-2-4-6-5-3-1;1-3-5-4-2;1-3-6-4(2)5;1-3(2)4;1-2(3)4;1-2-3;2-1(3)4/h1-6H2;1-6H;3-6H2,1-2H3;1-5H2;3-5H2,1-2H3;3H2,1-2H3;1-2H3;2H,1H3;1H3;1H. The number of halogens is 5. The fourth-order valence-electron chi connectivity index (χ4n) is 3.19. The van der Waals surface area contributed by atoms with E-state index in [1.54, 1.807) is 19.9 Å². The molecule has 5 nitrogen and oxygen atoms in total. The van der Waals surface area contributed by atoms with Crippen molar-refractivity contribution in [2.75, 3.05) is 19.8 Å². The Kier molecular flexibility index (Phi) is 89.8. The van der Waals surface area contributed by atoms with Crippen molar-refractivity contribution in [2.45, 2.75) is 181 Å². The van der Waals surface area contributed by atoms with Gasteiger partial charge in [-0.2, -0.15) is 5.26 Å². The third-order valence-corrected chi connectivity index (χ3v) is 5.26. The highest BCUT2D eigenvalue weighted by molar-refractivity contribution is 6.63. The van der Waals surface area contributed by atoms with E-state index in [1.807, 2.05) is 36.4 Å². The molecule has 2 fully saturated rings. The number of nitrogens with zero attached hydrogens (tertiary/aromatic N) is 1. The van der Waals surface area contributed by atoms with Crippen LogP contribution in [0.3, 0.4) is 0 Å². The summed E-state index contributed by atoms with van der Waals surface area (Å²) in [5, 5.41) is 7.32. The molecular formula is C40H76Cl5NO4. The van der Waals surface area contributed by atoms with Crippen LogP contribution in [0, 0.1) is 11.3 Å². The summed E-state index contributed by atoms with van der Waals surface area (Å²) in [5.41, 5.74) is 0. The summed E-state index contributed by atoms with van der Waals surface area (Å²) < 4.78 is 8.72. The van der Waals surface area contributed by atoms with Crippen LogP contribution in [0.1, 0.15) is 172 Å². The average molecular weight is 812 g/mol. The molecule has 1 saturated heterocycles. The maximum absolute atomic E-state index is 9.82. The topological polar surface area (TPSA) is 76.4 Å². The monoisotopic (exact) mass is 809 g/mol. The molecule has 0 N–H and O–H groups in total. The summed E-state index contributed by atoms with van der Waals surface area (Å²) in [6.45, 7) is 20.7. The molecule has 0 amide bonds. The fraction of sp³-hybridized carbons (Fsp3) is 0.775. The molecule has 1 aliphatic carbocycles. The van der Waals surface area contributed by atoms with E-state index >= 15 is 0 Å². The van der Waals surface area contributed by atoms with Gasteiger partial charge < -0.3 is 14.3 Å². The van der Waals surface area contributed by atoms with Crippen molar-refractivity contribution in [1.29, 1.82) is 5.26 Å². The fourth-order valence-corrected chi connectivity index (χ4v) is 3.19. The van der Waals surface area contributed by atoms with Gasteiger partial charge in [0.2, 0.25) is 0 Å². The Balaban J connectivity index is -0.0000000829. The van der Waals surface area contributed by atoms with E-state index in [9.17, 15) is 9.59 Å². The molecule has 0 bridgehead atoms. The molecule has 3 rings (SSSR count). The number of hydrogen-bond acceptors (Lipinski definition) is 5. The van der Waals surface area contributed by atoms with Crippen molar-refractivity contribution in [3.05, 3.63) is 36.4 Å². The number of nitriles is 1. The zero-order valence-corrected chi connectivity index (χ0v) is 37.3. The number of unbranched alkanes of at least 4 members (excludes halogenated alkanes) is 5. The first-order chi connectivity index (χ1) is 23.7. The van der Waals surface area contributed by atoms with Crippen molar-refractivity contribution in [2.24, 2.45) is 0 Å². The van der Waals surface area contributed by atoms with Gasteiger partial charge >= 0.3 is 5.97 Å². The maximum atomic E-state index is 9.82. The molecule has 1 aromatic rings. The second kappa shape index (κ2) is 69.9. The first-order valence-corrected chi connectivity index (χ1v) is 20.6. The lowest BCUT2D eigenvalue weighted by Crippen LogP contribution is -2.03. The summed E-state index contributed by atoms with van der Waals surface area (Å²) in [6.07, 6.45) is 22.5. The third-order valence-electron chi connectivity index (χ3n) is 5.26. The number of rotatable bonds is 6. The quantitative estimate of drug-likeness (QED) is 0.162. The molecule has 1 aliphatic heterocycles. The van der Waals surface area contributed by atoms with E-state index in [2.05, 4.69) is 32.4 Å². The van der Waals surface area contributed by atoms with Crippen LogP contribution in [-0.2, 0) is 19.1 Å². The Hall–Kier alpha value is -0.740. The van der Waals surface area contributed by atoms with Crippen LogP contribution in [0.5, 0.6) is 0 Å². The van der Waals surface area contributed by atoms with Gasteiger partial charge in [-0.15, -0.1) is 23.2 Å². The molecule has 0 unspecified atom stereocenters. The molecule has 1 aromatic carbocycles. The van der Waals surface area contributed by atoms with Gasteiger partial charge in [-0.1, -0.05) is 182 Å². The van der Waals surface area contributed by atoms with Crippen LogP contribution in [0.25, 0.3) is 0 Å². The van der Waals surface area contributed by atoms with Crippen LogP contribution in [0.15, 0.2) is 36.4 Å². The largest absolute Gasteiger partial charge is 0.466 e. The lowest BCUT2D eigenvalue weighted by molar-refractivity contribution is -0.140. The van der Waals surface area contributed by atoms with Crippen molar-refractivity contribution in [3.63, 3.8) is 0 Å². The summed E-state index contributed by atoms with van der Waals surface area (Å²) >= 11 is 24.5. The number of ether oxygens (including phenoxy) is 2. The Morgan fingerprint density at radius 2 is 0.860 bits per heavy atom. The Labute approximate surface area is 335 Å². The summed E-state index contributed by atoms with van der Waals surface area (Å²) in [7, 11) is 0. The van der Waals surface area contributed by atoms with Crippen LogP contribution < -0.4 is 0 Å². The van der Waals surface area contributed by atoms with Gasteiger partial charge in [0.25, 0.3) is 0 Å². The summed E-state index contributed by atoms with van der Waals surface area (Å²) in [5.74, 6) is -0.0440. The van der Waals surface area contributed by atoms with Gasteiger partial charge in [-0.3, -0.25) is 4.79 Å². The van der Waals surface area contributed by atoms with Crippen LogP contribution in [-0.4, -0.2) is 40.7 Å². The molecule has 300 valence electrons. The van der Waals surface area contributed by atoms with Gasteiger partial charge in [0.1, 0.15) is 10.6 Å². The van der Waals surface area contributed by atoms with Gasteiger partial charge in [0, 0.05) is 27.1 Å². The molecule has 2 aliphatic rings. The van der Waals surface area contributed by atoms with Gasteiger partial charge in [0.05, 0.1) is 12.7 Å². The average Bonchev–Trinajstić information content (AvgIpc) is 3.08. The highest BCUT2D eigenvalue weighted by Gasteiger charge is 1.96. The molecule has 0 aromatic heterocycles. The van der Waals surface area contributed by atoms with E-state index in [4.69, 9.17) is 68.0 Å². The van der Waals surface area contributed by atoms with Gasteiger partial charge in [-0.25, -0.2) is 0 Å². The highest BCUT2D eigenvalue weighted by atomic mass is 35.6. The van der Waals surface area contributed by atoms with Crippen LogP contribution in [0.4, 0.5) is 0 Å². The van der Waals surface area contributed by atoms with Crippen LogP contribution >= 0.6 is 58.0 Å². The molecule has 0 radical (unpaired) electrons. The minimum absolute atomic E-state index is 0.167. The van der Waals surface area contributed by atoms with Crippen molar-refractivity contribution < 1.29 is 19.1 Å². The number of hydrogen-bond donors (Lipinski definition) is 0. The van der Waals surface area contributed by atoms with Crippen molar-refractivity contribution in [3.8, 4) is 6.07 Å². The lowest BCUT2D eigenvalue weighted by atomic mass is 10.0. The minimum atomic E-state index is -0.750. The predicted octanol–water partition coefficient (Wildman–Crippen LogP) is 15.5. The second-order valence-electron chi connectivity index (χ2n) is 10.8. The number of esters is 1. The Morgan fingerprint density at radius 3 is 0.940 bits per heavy atom. The lowest BCUT2D eigenvalue weighted by Gasteiger charge is -2.08. The number of benzene rings is 1. The zero-order chi connectivity index (χ0) is 40.1. The molecule has 50 heavy (non-hydrogen) atoms. The Morgan fingerprint density at radius 1 is 0.640 bits per heavy atom. The molecule has 0 atom stereocenters. The van der Waals surface area contributed by atoms with Crippen molar-refractivity contribution >= 4 is 69.8 Å². The van der Waals surface area contributed by atoms with Crippen LogP contribution in [0.2, 0.25) is 0 Å². The van der Waals surface area contributed by atoms with E-state index in [0.717, 1.165) is 13.2 Å². The summed E-state index contributed by atoms with van der Waals surface area (Å²) in [4.78, 5) is 19.0. The highest BCUT2D eigenvalue weighted by Crippen LogP contribution is 2.15. The molecule has 10 heteroatoms. The number of Topliss-reactive ketones (excluding diaryl/α,β-unsaturated/α-hetero) is 1. The number of alkyl halides is 5. The molecule has 1 heterocycles. The molecule has 0 spiro atoms. The van der Waals surface area contributed by atoms with E-state index in [0.29, 0.717) is 6.61 Å². The SMILES string of the molecule is C1CCCCC1.C1CCOCC1.CC#N.CC(C)=O.CC(Cl)Cl.CCCCC.CCCCCC.CCOC(C)=O.ClC(Cl)Cl.c1ccccc1. The summed E-state index contributed by atoms with van der Waals surface area (Å²) in [6, 6.07) is 13.8. The predicted molar refractivity (Wildman–Crippen MR) is 226 cm³/mol. The van der Waals surface area contributed by atoms with E-state index in [1.165, 1.54) is 130 Å². The maximum Gasteiger partial charge on any atom is 0.302 e. The first-order valence-electron chi connectivity index (χ1n) is 18.4. The Bertz CT molecular complexity index is 630. The molecule has 1 saturated carbocycles. The number of carbonyl (C=O) groups is 2. The third kappa shape index (κ3) is 159. The smallest absolute Gasteiger partial charge is 0.302 e. The number of ketones is 1. The van der Waals surface area contributed by atoms with Crippen molar-refractivity contribution in [1.82, 2.24) is 0 Å². The van der Waals surface area contributed by atoms with E-state index < -0.39 is 4.30 Å². The van der Waals surface area contributed by atoms with Gasteiger partial charge in [0.15, 0.2) is 4.30 Å². The minimum Gasteiger partial charge on any atom is -0.466 e. The van der Waals surface area contributed by atoms with Gasteiger partial charge in [-0.05, 0) is 47.0 Å². The zero-order valence-electron chi connectivity index (χ0n) is 33.5.